The molecule has 9 heteroatoms. The molecular formula is C16H22ClF3N2O3. The molecule has 0 saturated carbocycles. The van der Waals surface area contributed by atoms with Gasteiger partial charge in [-0.25, -0.2) is 0 Å². The van der Waals surface area contributed by atoms with Crippen molar-refractivity contribution in [2.75, 3.05) is 33.4 Å². The highest BCUT2D eigenvalue weighted by molar-refractivity contribution is 5.97. The van der Waals surface area contributed by atoms with Crippen LogP contribution in [-0.4, -0.2) is 45.6 Å². The number of hydrogen-bond donors (Lipinski definition) is 2. The lowest BCUT2D eigenvalue weighted by Crippen LogP contribution is -2.29. The molecule has 1 aliphatic heterocycles. The highest BCUT2D eigenvalue weighted by Crippen LogP contribution is 2.33. The predicted octanol–water partition coefficient (Wildman–Crippen LogP) is 2.85. The number of benzene rings is 1. The van der Waals surface area contributed by atoms with Gasteiger partial charge in [-0.05, 0) is 49.5 Å². The van der Waals surface area contributed by atoms with Crippen LogP contribution in [0.5, 0.6) is 5.75 Å². The third-order valence-corrected chi connectivity index (χ3v) is 3.88. The van der Waals surface area contributed by atoms with Crippen LogP contribution in [0.1, 0.15) is 34.7 Å². The highest BCUT2D eigenvalue weighted by atomic mass is 35.5. The molecule has 0 aromatic heterocycles. The Morgan fingerprint density at radius 3 is 2.60 bits per heavy atom. The molecule has 5 nitrogen and oxygen atoms in total. The van der Waals surface area contributed by atoms with Crippen LogP contribution in [0.15, 0.2) is 18.2 Å². The molecule has 0 atom stereocenters. The molecule has 1 aromatic rings. The lowest BCUT2D eigenvalue weighted by molar-refractivity contribution is -0.274. The van der Waals surface area contributed by atoms with Crippen LogP contribution in [0.2, 0.25) is 0 Å². The summed E-state index contributed by atoms with van der Waals surface area (Å²) in [5.41, 5.74) is 0.616. The second-order valence-corrected chi connectivity index (χ2v) is 5.58. The molecule has 2 N–H and O–H groups in total. The summed E-state index contributed by atoms with van der Waals surface area (Å²) in [7, 11) is 1.47. The molecule has 0 aliphatic carbocycles. The number of hydrogen-bond acceptors (Lipinski definition) is 4. The molecule has 1 fully saturated rings. The SMILES string of the molecule is COCCNC(=O)c1ccc(C2CCNCC2)cc1OC(F)(F)F.Cl. The zero-order valence-corrected chi connectivity index (χ0v) is 14.6. The zero-order valence-electron chi connectivity index (χ0n) is 13.8. The van der Waals surface area contributed by atoms with Crippen molar-refractivity contribution in [2.45, 2.75) is 25.1 Å². The standard InChI is InChI=1S/C16H21F3N2O3.ClH/c1-23-9-8-21-15(22)13-3-2-12(11-4-6-20-7-5-11)10-14(13)24-16(17,18)19;/h2-3,10-11,20H,4-9H2,1H3,(H,21,22);1H. The van der Waals surface area contributed by atoms with Crippen molar-refractivity contribution >= 4 is 18.3 Å². The van der Waals surface area contributed by atoms with Gasteiger partial charge in [0.05, 0.1) is 12.2 Å². The Kier molecular flexibility index (Phi) is 8.47. The molecule has 2 rings (SSSR count). The number of alkyl halides is 3. The minimum absolute atomic E-state index is 0. The number of rotatable bonds is 6. The molecule has 1 amide bonds. The van der Waals surface area contributed by atoms with E-state index >= 15 is 0 Å². The number of halogens is 4. The molecule has 142 valence electrons. The molecule has 1 saturated heterocycles. The van der Waals surface area contributed by atoms with Crippen LogP contribution in [0.25, 0.3) is 0 Å². The maximum Gasteiger partial charge on any atom is 0.573 e. The van der Waals surface area contributed by atoms with E-state index in [1.807, 2.05) is 0 Å². The maximum absolute atomic E-state index is 12.7. The van der Waals surface area contributed by atoms with E-state index in [4.69, 9.17) is 4.74 Å². The van der Waals surface area contributed by atoms with Gasteiger partial charge < -0.3 is 20.1 Å². The van der Waals surface area contributed by atoms with Crippen LogP contribution >= 0.6 is 12.4 Å². The largest absolute Gasteiger partial charge is 0.573 e. The number of ether oxygens (including phenoxy) is 2. The Morgan fingerprint density at radius 1 is 1.32 bits per heavy atom. The summed E-state index contributed by atoms with van der Waals surface area (Å²) in [6.07, 6.45) is -3.18. The molecule has 1 aromatic carbocycles. The first-order chi connectivity index (χ1) is 11.4. The van der Waals surface area contributed by atoms with E-state index in [0.717, 1.165) is 31.5 Å². The Labute approximate surface area is 150 Å². The fraction of sp³-hybridized carbons (Fsp3) is 0.562. The molecular weight excluding hydrogens is 361 g/mol. The minimum atomic E-state index is -4.85. The lowest BCUT2D eigenvalue weighted by atomic mass is 9.89. The van der Waals surface area contributed by atoms with E-state index in [-0.39, 0.29) is 37.0 Å². The fourth-order valence-corrected chi connectivity index (χ4v) is 2.71. The summed E-state index contributed by atoms with van der Waals surface area (Å²) >= 11 is 0. The van der Waals surface area contributed by atoms with Gasteiger partial charge in [-0.15, -0.1) is 25.6 Å². The highest BCUT2D eigenvalue weighted by Gasteiger charge is 2.33. The molecule has 1 heterocycles. The quantitative estimate of drug-likeness (QED) is 0.743. The molecule has 0 unspecified atom stereocenters. The third kappa shape index (κ3) is 6.72. The molecule has 25 heavy (non-hydrogen) atoms. The fourth-order valence-electron chi connectivity index (χ4n) is 2.71. The van der Waals surface area contributed by atoms with Crippen LogP contribution in [0, 0.1) is 0 Å². The first kappa shape index (κ1) is 21.5. The molecule has 1 aliphatic rings. The first-order valence-corrected chi connectivity index (χ1v) is 7.78. The third-order valence-electron chi connectivity index (χ3n) is 3.88. The Balaban J connectivity index is 0.00000312. The van der Waals surface area contributed by atoms with Gasteiger partial charge in [0.25, 0.3) is 5.91 Å². The summed E-state index contributed by atoms with van der Waals surface area (Å²) in [6, 6.07) is 4.42. The van der Waals surface area contributed by atoms with Gasteiger partial charge >= 0.3 is 6.36 Å². The van der Waals surface area contributed by atoms with Crippen molar-refractivity contribution in [3.63, 3.8) is 0 Å². The number of carbonyl (C=O) groups excluding carboxylic acids is 1. The monoisotopic (exact) mass is 382 g/mol. The Bertz CT molecular complexity index is 564. The van der Waals surface area contributed by atoms with Crippen LogP contribution < -0.4 is 15.4 Å². The van der Waals surface area contributed by atoms with E-state index in [1.165, 1.54) is 19.2 Å². The van der Waals surface area contributed by atoms with E-state index in [9.17, 15) is 18.0 Å². The van der Waals surface area contributed by atoms with Gasteiger partial charge in [-0.2, -0.15) is 0 Å². The second-order valence-electron chi connectivity index (χ2n) is 5.58. The predicted molar refractivity (Wildman–Crippen MR) is 89.4 cm³/mol. The van der Waals surface area contributed by atoms with Crippen LogP contribution in [-0.2, 0) is 4.74 Å². The Morgan fingerprint density at radius 2 is 2.00 bits per heavy atom. The Hall–Kier alpha value is -1.51. The summed E-state index contributed by atoms with van der Waals surface area (Å²) in [4.78, 5) is 12.1. The minimum Gasteiger partial charge on any atom is -0.405 e. The normalized spacial score (nSPS) is 15.4. The topological polar surface area (TPSA) is 59.6 Å². The second kappa shape index (κ2) is 9.84. The van der Waals surface area contributed by atoms with Crippen LogP contribution in [0.4, 0.5) is 13.2 Å². The van der Waals surface area contributed by atoms with Gasteiger partial charge in [-0.3, -0.25) is 4.79 Å². The first-order valence-electron chi connectivity index (χ1n) is 7.78. The number of methoxy groups -OCH3 is 1. The van der Waals surface area contributed by atoms with E-state index in [0.29, 0.717) is 0 Å². The molecule has 0 radical (unpaired) electrons. The number of nitrogens with one attached hydrogen (secondary N) is 2. The van der Waals surface area contributed by atoms with Gasteiger partial charge in [-0.1, -0.05) is 6.07 Å². The lowest BCUT2D eigenvalue weighted by Gasteiger charge is -2.24. The van der Waals surface area contributed by atoms with Crippen molar-refractivity contribution in [3.05, 3.63) is 29.3 Å². The summed E-state index contributed by atoms with van der Waals surface area (Å²) in [5, 5.41) is 5.71. The average Bonchev–Trinajstić information content (AvgIpc) is 2.54. The number of amides is 1. The van der Waals surface area contributed by atoms with Crippen molar-refractivity contribution in [1.29, 1.82) is 0 Å². The summed E-state index contributed by atoms with van der Waals surface area (Å²) < 4.78 is 46.9. The van der Waals surface area contributed by atoms with E-state index < -0.39 is 18.0 Å². The van der Waals surface area contributed by atoms with Crippen LogP contribution in [0.3, 0.4) is 0 Å². The van der Waals surface area contributed by atoms with Crippen molar-refractivity contribution in [2.24, 2.45) is 0 Å². The number of carbonyl (C=O) groups is 1. The zero-order chi connectivity index (χ0) is 17.6. The maximum atomic E-state index is 12.7. The van der Waals surface area contributed by atoms with Crippen molar-refractivity contribution in [3.8, 4) is 5.75 Å². The van der Waals surface area contributed by atoms with Gasteiger partial charge in [0.15, 0.2) is 0 Å². The van der Waals surface area contributed by atoms with Gasteiger partial charge in [0.1, 0.15) is 5.75 Å². The van der Waals surface area contributed by atoms with Gasteiger partial charge in [0, 0.05) is 13.7 Å². The smallest absolute Gasteiger partial charge is 0.405 e. The van der Waals surface area contributed by atoms with Crippen molar-refractivity contribution < 1.29 is 27.4 Å². The molecule has 0 spiro atoms. The molecule has 0 bridgehead atoms. The van der Waals surface area contributed by atoms with Crippen molar-refractivity contribution in [1.82, 2.24) is 10.6 Å². The van der Waals surface area contributed by atoms with E-state index in [2.05, 4.69) is 15.4 Å². The number of piperidine rings is 1. The summed E-state index contributed by atoms with van der Waals surface area (Å²) in [6.45, 7) is 2.12. The average molecular weight is 383 g/mol. The summed E-state index contributed by atoms with van der Waals surface area (Å²) in [5.74, 6) is -0.927. The van der Waals surface area contributed by atoms with Gasteiger partial charge in [0.2, 0.25) is 0 Å². The van der Waals surface area contributed by atoms with E-state index in [1.54, 1.807) is 6.07 Å².